The second-order valence-electron chi connectivity index (χ2n) is 4.54. The Balaban J connectivity index is 2.28. The summed E-state index contributed by atoms with van der Waals surface area (Å²) in [7, 11) is 1.57. The average Bonchev–Trinajstić information content (AvgIpc) is 2.51. The van der Waals surface area contributed by atoms with Crippen molar-refractivity contribution in [2.75, 3.05) is 12.4 Å². The fraction of sp³-hybridized carbons (Fsp3) is 0.125. The average molecular weight is 364 g/mol. The quantitative estimate of drug-likeness (QED) is 0.851. The van der Waals surface area contributed by atoms with E-state index in [2.05, 4.69) is 21.2 Å². The molecule has 2 N–H and O–H groups in total. The molecule has 2 rings (SSSR count). The minimum absolute atomic E-state index is 0.0685. The predicted molar refractivity (Wildman–Crippen MR) is 86.2 cm³/mol. The summed E-state index contributed by atoms with van der Waals surface area (Å²) in [4.78, 5) is 23.3. The van der Waals surface area contributed by atoms with Gasteiger partial charge >= 0.3 is 5.97 Å². The number of halogens is 1. The molecule has 0 atom stereocenters. The molecular formula is C16H14BrNO4. The molecule has 0 heterocycles. The van der Waals surface area contributed by atoms with Crippen LogP contribution < -0.4 is 5.32 Å². The number of rotatable bonds is 5. The summed E-state index contributed by atoms with van der Waals surface area (Å²) >= 11 is 3.42. The van der Waals surface area contributed by atoms with Gasteiger partial charge in [0.05, 0.1) is 12.2 Å². The molecule has 0 aliphatic carbocycles. The Bertz CT molecular complexity index is 715. The molecule has 2 aromatic carbocycles. The monoisotopic (exact) mass is 363 g/mol. The molecule has 0 aliphatic rings. The summed E-state index contributed by atoms with van der Waals surface area (Å²) in [5, 5.41) is 11.8. The van der Waals surface area contributed by atoms with Gasteiger partial charge in [0, 0.05) is 28.4 Å². The van der Waals surface area contributed by atoms with Crippen LogP contribution in [0.15, 0.2) is 46.9 Å². The molecule has 0 spiro atoms. The SMILES string of the molecule is COCc1c(Br)cccc1NC(=O)c1cccc(C(=O)O)c1. The number of amides is 1. The predicted octanol–water partition coefficient (Wildman–Crippen LogP) is 3.55. The van der Waals surface area contributed by atoms with Crippen LogP contribution in [0.1, 0.15) is 26.3 Å². The lowest BCUT2D eigenvalue weighted by Gasteiger charge is -2.12. The zero-order valence-electron chi connectivity index (χ0n) is 11.8. The van der Waals surface area contributed by atoms with Gasteiger partial charge in [0.15, 0.2) is 0 Å². The molecule has 0 unspecified atom stereocenters. The fourth-order valence-electron chi connectivity index (χ4n) is 1.95. The maximum atomic E-state index is 12.3. The lowest BCUT2D eigenvalue weighted by molar-refractivity contribution is 0.0697. The van der Waals surface area contributed by atoms with Crippen molar-refractivity contribution in [3.8, 4) is 0 Å². The Kier molecular flexibility index (Phi) is 5.30. The number of methoxy groups -OCH3 is 1. The van der Waals surface area contributed by atoms with Gasteiger partial charge < -0.3 is 15.2 Å². The number of carboxylic acids is 1. The molecule has 0 aliphatic heterocycles. The molecular weight excluding hydrogens is 350 g/mol. The molecule has 0 saturated carbocycles. The summed E-state index contributed by atoms with van der Waals surface area (Å²) in [6, 6.07) is 11.3. The number of carbonyl (C=O) groups is 2. The van der Waals surface area contributed by atoms with Crippen LogP contribution in [-0.4, -0.2) is 24.1 Å². The number of hydrogen-bond acceptors (Lipinski definition) is 3. The normalized spacial score (nSPS) is 10.3. The Morgan fingerprint density at radius 2 is 1.86 bits per heavy atom. The van der Waals surface area contributed by atoms with Crippen LogP contribution in [0.25, 0.3) is 0 Å². The van der Waals surface area contributed by atoms with Crippen LogP contribution in [0.2, 0.25) is 0 Å². The third-order valence-electron chi connectivity index (χ3n) is 3.03. The molecule has 0 radical (unpaired) electrons. The third kappa shape index (κ3) is 3.72. The number of benzene rings is 2. The summed E-state index contributed by atoms with van der Waals surface area (Å²) in [5.74, 6) is -1.45. The van der Waals surface area contributed by atoms with Crippen LogP contribution in [0.3, 0.4) is 0 Å². The number of nitrogens with one attached hydrogen (secondary N) is 1. The van der Waals surface area contributed by atoms with Crippen molar-refractivity contribution in [3.05, 3.63) is 63.6 Å². The molecule has 0 fully saturated rings. The van der Waals surface area contributed by atoms with Crippen molar-refractivity contribution in [2.45, 2.75) is 6.61 Å². The van der Waals surface area contributed by atoms with E-state index < -0.39 is 5.97 Å². The Hall–Kier alpha value is -2.18. The van der Waals surface area contributed by atoms with Gasteiger partial charge in [-0.05, 0) is 30.3 Å². The van der Waals surface area contributed by atoms with Crippen LogP contribution >= 0.6 is 15.9 Å². The first-order valence-electron chi connectivity index (χ1n) is 6.44. The molecule has 6 heteroatoms. The van der Waals surface area contributed by atoms with Crippen molar-refractivity contribution >= 4 is 33.5 Å². The number of anilines is 1. The minimum atomic E-state index is -1.07. The van der Waals surface area contributed by atoms with Gasteiger partial charge in [0.2, 0.25) is 0 Å². The van der Waals surface area contributed by atoms with Gasteiger partial charge in [0.1, 0.15) is 0 Å². The van der Waals surface area contributed by atoms with Gasteiger partial charge in [-0.15, -0.1) is 0 Å². The van der Waals surface area contributed by atoms with E-state index in [0.29, 0.717) is 12.3 Å². The molecule has 114 valence electrons. The summed E-state index contributed by atoms with van der Waals surface area (Å²) in [5.41, 5.74) is 1.77. The number of aromatic carboxylic acids is 1. The second kappa shape index (κ2) is 7.20. The summed E-state index contributed by atoms with van der Waals surface area (Å²) < 4.78 is 5.95. The van der Waals surface area contributed by atoms with Crippen LogP contribution in [0.5, 0.6) is 0 Å². The smallest absolute Gasteiger partial charge is 0.335 e. The van der Waals surface area contributed by atoms with Gasteiger partial charge in [-0.3, -0.25) is 4.79 Å². The van der Waals surface area contributed by atoms with E-state index >= 15 is 0 Å². The zero-order valence-corrected chi connectivity index (χ0v) is 13.4. The molecule has 22 heavy (non-hydrogen) atoms. The van der Waals surface area contributed by atoms with Crippen molar-refractivity contribution in [3.63, 3.8) is 0 Å². The standard InChI is InChI=1S/C16H14BrNO4/c1-22-9-12-13(17)6-3-7-14(12)18-15(19)10-4-2-5-11(8-10)16(20)21/h2-8H,9H2,1H3,(H,18,19)(H,20,21). The second-order valence-corrected chi connectivity index (χ2v) is 5.39. The van der Waals surface area contributed by atoms with E-state index in [9.17, 15) is 9.59 Å². The van der Waals surface area contributed by atoms with Gasteiger partial charge in [0.25, 0.3) is 5.91 Å². The molecule has 5 nitrogen and oxygen atoms in total. The maximum absolute atomic E-state index is 12.3. The highest BCUT2D eigenvalue weighted by Gasteiger charge is 2.13. The number of carbonyl (C=O) groups excluding carboxylic acids is 1. The van der Waals surface area contributed by atoms with Crippen molar-refractivity contribution in [1.82, 2.24) is 0 Å². The van der Waals surface area contributed by atoms with Gasteiger partial charge in [-0.25, -0.2) is 4.79 Å². The highest BCUT2D eigenvalue weighted by molar-refractivity contribution is 9.10. The highest BCUT2D eigenvalue weighted by Crippen LogP contribution is 2.26. The first kappa shape index (κ1) is 16.2. The number of ether oxygens (including phenoxy) is 1. The molecule has 0 aromatic heterocycles. The van der Waals surface area contributed by atoms with Crippen molar-refractivity contribution in [2.24, 2.45) is 0 Å². The van der Waals surface area contributed by atoms with Crippen LogP contribution in [0.4, 0.5) is 5.69 Å². The van der Waals surface area contributed by atoms with E-state index in [0.717, 1.165) is 10.0 Å². The Morgan fingerprint density at radius 3 is 2.55 bits per heavy atom. The third-order valence-corrected chi connectivity index (χ3v) is 3.77. The Morgan fingerprint density at radius 1 is 1.18 bits per heavy atom. The van der Waals surface area contributed by atoms with E-state index in [-0.39, 0.29) is 17.0 Å². The topological polar surface area (TPSA) is 75.6 Å². The minimum Gasteiger partial charge on any atom is -0.478 e. The molecule has 0 saturated heterocycles. The van der Waals surface area contributed by atoms with E-state index in [1.54, 1.807) is 25.3 Å². The lowest BCUT2D eigenvalue weighted by Crippen LogP contribution is -2.14. The van der Waals surface area contributed by atoms with E-state index in [4.69, 9.17) is 9.84 Å². The molecule has 2 aromatic rings. The highest BCUT2D eigenvalue weighted by atomic mass is 79.9. The first-order chi connectivity index (χ1) is 10.5. The Labute approximate surface area is 136 Å². The largest absolute Gasteiger partial charge is 0.478 e. The van der Waals surface area contributed by atoms with Crippen molar-refractivity contribution in [1.29, 1.82) is 0 Å². The first-order valence-corrected chi connectivity index (χ1v) is 7.23. The van der Waals surface area contributed by atoms with E-state index in [1.807, 2.05) is 6.07 Å². The lowest BCUT2D eigenvalue weighted by atomic mass is 10.1. The van der Waals surface area contributed by atoms with Crippen LogP contribution in [-0.2, 0) is 11.3 Å². The number of carboxylic acid groups (broad SMARTS) is 1. The molecule has 1 amide bonds. The van der Waals surface area contributed by atoms with Gasteiger partial charge in [-0.1, -0.05) is 28.1 Å². The summed E-state index contributed by atoms with van der Waals surface area (Å²) in [6.45, 7) is 0.339. The molecule has 0 bridgehead atoms. The maximum Gasteiger partial charge on any atom is 0.335 e. The summed E-state index contributed by atoms with van der Waals surface area (Å²) in [6.07, 6.45) is 0. The number of hydrogen-bond donors (Lipinski definition) is 2. The van der Waals surface area contributed by atoms with Crippen LogP contribution in [0, 0.1) is 0 Å². The zero-order chi connectivity index (χ0) is 16.1. The van der Waals surface area contributed by atoms with E-state index in [1.165, 1.54) is 18.2 Å². The van der Waals surface area contributed by atoms with Gasteiger partial charge in [-0.2, -0.15) is 0 Å². The fourth-order valence-corrected chi connectivity index (χ4v) is 2.44. The van der Waals surface area contributed by atoms with Crippen molar-refractivity contribution < 1.29 is 19.4 Å².